The normalized spacial score (nSPS) is 20.0. The number of amides is 3. The third kappa shape index (κ3) is 5.10. The molecule has 5 N–H and O–H groups in total. The van der Waals surface area contributed by atoms with Crippen LogP contribution >= 0.6 is 0 Å². The molecule has 33 heavy (non-hydrogen) atoms. The first-order valence-corrected chi connectivity index (χ1v) is 11.4. The fourth-order valence-electron chi connectivity index (χ4n) is 4.30. The SMILES string of the molecule is CNc1c2[nH]c3c1C(=O)NC[C@@H]3CC(=O)NCCCCC(=O)NCCCOc1cnccc1-2. The Morgan fingerprint density at radius 3 is 2.73 bits per heavy atom. The topological polar surface area (TPSA) is 137 Å². The molecule has 0 aromatic carbocycles. The molecule has 1 atom stereocenters. The summed E-state index contributed by atoms with van der Waals surface area (Å²) in [6, 6.07) is 1.83. The number of aromatic amines is 1. The van der Waals surface area contributed by atoms with Gasteiger partial charge in [0.2, 0.25) is 11.8 Å². The van der Waals surface area contributed by atoms with Crippen LogP contribution in [-0.4, -0.2) is 61.0 Å². The molecule has 2 aliphatic heterocycles. The minimum Gasteiger partial charge on any atom is -0.491 e. The molecule has 0 saturated carbocycles. The van der Waals surface area contributed by atoms with Gasteiger partial charge in [-0.2, -0.15) is 0 Å². The average Bonchev–Trinajstić information content (AvgIpc) is 3.21. The van der Waals surface area contributed by atoms with Gasteiger partial charge in [-0.3, -0.25) is 19.4 Å². The van der Waals surface area contributed by atoms with E-state index in [0.717, 1.165) is 17.7 Å². The van der Waals surface area contributed by atoms with E-state index < -0.39 is 0 Å². The minimum atomic E-state index is -0.183. The second-order valence-electron chi connectivity index (χ2n) is 8.26. The van der Waals surface area contributed by atoms with Gasteiger partial charge in [0.15, 0.2) is 0 Å². The predicted octanol–water partition coefficient (Wildman–Crippen LogP) is 1.52. The van der Waals surface area contributed by atoms with Gasteiger partial charge in [-0.05, 0) is 25.3 Å². The van der Waals surface area contributed by atoms with Crippen LogP contribution < -0.4 is 26.0 Å². The molecule has 2 bridgehead atoms. The van der Waals surface area contributed by atoms with Gasteiger partial charge in [-0.1, -0.05) is 0 Å². The average molecular weight is 455 g/mol. The van der Waals surface area contributed by atoms with Crippen LogP contribution in [0.3, 0.4) is 0 Å². The molecule has 2 aromatic rings. The maximum Gasteiger partial charge on any atom is 0.255 e. The highest BCUT2D eigenvalue weighted by Gasteiger charge is 2.33. The summed E-state index contributed by atoms with van der Waals surface area (Å²) in [6.07, 6.45) is 6.07. The Bertz CT molecular complexity index is 1030. The molecule has 0 fully saturated rings. The van der Waals surface area contributed by atoms with Gasteiger partial charge in [0.05, 0.1) is 29.7 Å². The number of hydrogen-bond acceptors (Lipinski definition) is 6. The van der Waals surface area contributed by atoms with Crippen LogP contribution in [0.2, 0.25) is 0 Å². The Hall–Kier alpha value is -3.56. The smallest absolute Gasteiger partial charge is 0.255 e. The number of nitrogens with zero attached hydrogens (tertiary/aromatic N) is 1. The maximum atomic E-state index is 12.8. The van der Waals surface area contributed by atoms with Crippen LogP contribution in [-0.2, 0) is 9.59 Å². The van der Waals surface area contributed by atoms with Crippen molar-refractivity contribution in [2.75, 3.05) is 38.6 Å². The van der Waals surface area contributed by atoms with Crippen molar-refractivity contribution in [2.45, 2.75) is 38.0 Å². The van der Waals surface area contributed by atoms with Gasteiger partial charge < -0.3 is 31.0 Å². The molecule has 10 nitrogen and oxygen atoms in total. The van der Waals surface area contributed by atoms with Gasteiger partial charge in [0.1, 0.15) is 5.75 Å². The lowest BCUT2D eigenvalue weighted by molar-refractivity contribution is -0.121. The summed E-state index contributed by atoms with van der Waals surface area (Å²) in [4.78, 5) is 44.9. The van der Waals surface area contributed by atoms with Crippen LogP contribution in [0.4, 0.5) is 5.69 Å². The first-order chi connectivity index (χ1) is 16.1. The molecule has 2 aliphatic rings. The van der Waals surface area contributed by atoms with E-state index in [9.17, 15) is 14.4 Å². The number of carbonyl (C=O) groups excluding carboxylic acids is 3. The van der Waals surface area contributed by atoms with Crippen LogP contribution in [0.25, 0.3) is 11.3 Å². The lowest BCUT2D eigenvalue weighted by Crippen LogP contribution is -2.37. The Morgan fingerprint density at radius 1 is 1.06 bits per heavy atom. The third-order valence-electron chi connectivity index (χ3n) is 5.96. The van der Waals surface area contributed by atoms with Crippen molar-refractivity contribution < 1.29 is 19.1 Å². The molecule has 0 unspecified atom stereocenters. The summed E-state index contributed by atoms with van der Waals surface area (Å²) in [5, 5.41) is 11.9. The Morgan fingerprint density at radius 2 is 1.88 bits per heavy atom. The molecule has 0 radical (unpaired) electrons. The lowest BCUT2D eigenvalue weighted by atomic mass is 9.93. The Balaban J connectivity index is 1.69. The number of ether oxygens (including phenoxy) is 1. The molecule has 2 aromatic heterocycles. The fourth-order valence-corrected chi connectivity index (χ4v) is 4.30. The molecule has 10 heteroatoms. The summed E-state index contributed by atoms with van der Waals surface area (Å²) in [6.45, 7) is 1.83. The van der Waals surface area contributed by atoms with Crippen LogP contribution in [0.15, 0.2) is 18.5 Å². The fraction of sp³-hybridized carbons (Fsp3) is 0.478. The van der Waals surface area contributed by atoms with Crippen molar-refractivity contribution >= 4 is 23.4 Å². The minimum absolute atomic E-state index is 0.00375. The molecule has 0 aliphatic carbocycles. The van der Waals surface area contributed by atoms with E-state index >= 15 is 0 Å². The van der Waals surface area contributed by atoms with Gasteiger partial charge in [-0.15, -0.1) is 0 Å². The van der Waals surface area contributed by atoms with Crippen molar-refractivity contribution in [1.82, 2.24) is 25.9 Å². The molecular weight excluding hydrogens is 424 g/mol. The van der Waals surface area contributed by atoms with Crippen molar-refractivity contribution in [3.63, 3.8) is 0 Å². The number of rotatable bonds is 1. The zero-order valence-electron chi connectivity index (χ0n) is 18.8. The molecule has 4 heterocycles. The highest BCUT2D eigenvalue weighted by atomic mass is 16.5. The number of anilines is 1. The number of aromatic nitrogens is 2. The van der Waals surface area contributed by atoms with Gasteiger partial charge in [-0.25, -0.2) is 0 Å². The van der Waals surface area contributed by atoms with E-state index in [0.29, 0.717) is 68.2 Å². The summed E-state index contributed by atoms with van der Waals surface area (Å²) >= 11 is 0. The van der Waals surface area contributed by atoms with E-state index in [1.54, 1.807) is 19.4 Å². The van der Waals surface area contributed by atoms with E-state index in [1.165, 1.54) is 0 Å². The van der Waals surface area contributed by atoms with Crippen molar-refractivity contribution in [2.24, 2.45) is 0 Å². The highest BCUT2D eigenvalue weighted by molar-refractivity contribution is 6.06. The third-order valence-corrected chi connectivity index (χ3v) is 5.96. The summed E-state index contributed by atoms with van der Waals surface area (Å²) < 4.78 is 5.99. The zero-order valence-corrected chi connectivity index (χ0v) is 18.8. The summed E-state index contributed by atoms with van der Waals surface area (Å²) in [5.41, 5.74) is 3.40. The van der Waals surface area contributed by atoms with Crippen LogP contribution in [0.5, 0.6) is 5.75 Å². The lowest BCUT2D eigenvalue weighted by Gasteiger charge is -2.23. The Kier molecular flexibility index (Phi) is 7.11. The number of hydrogen-bond donors (Lipinski definition) is 5. The van der Waals surface area contributed by atoms with E-state index in [1.807, 2.05) is 6.07 Å². The Labute approximate surface area is 192 Å². The molecular formula is C23H30N6O4. The predicted molar refractivity (Wildman–Crippen MR) is 123 cm³/mol. The van der Waals surface area contributed by atoms with Gasteiger partial charge in [0, 0.05) is 62.9 Å². The summed E-state index contributed by atoms with van der Waals surface area (Å²) in [7, 11) is 1.76. The maximum absolute atomic E-state index is 12.8. The number of pyridine rings is 1. The number of nitrogens with one attached hydrogen (secondary N) is 5. The second kappa shape index (κ2) is 10.4. The number of carbonyl (C=O) groups is 3. The van der Waals surface area contributed by atoms with Crippen molar-refractivity contribution in [3.8, 4) is 17.0 Å². The highest BCUT2D eigenvalue weighted by Crippen LogP contribution is 2.41. The zero-order chi connectivity index (χ0) is 23.2. The van der Waals surface area contributed by atoms with E-state index in [4.69, 9.17) is 4.74 Å². The van der Waals surface area contributed by atoms with E-state index in [2.05, 4.69) is 31.2 Å². The summed E-state index contributed by atoms with van der Waals surface area (Å²) in [5.74, 6) is 0.135. The number of H-pyrrole nitrogens is 1. The second-order valence-corrected chi connectivity index (χ2v) is 8.26. The first-order valence-electron chi connectivity index (χ1n) is 11.4. The molecule has 176 valence electrons. The van der Waals surface area contributed by atoms with Crippen LogP contribution in [0, 0.1) is 0 Å². The van der Waals surface area contributed by atoms with Gasteiger partial charge in [0.25, 0.3) is 5.91 Å². The largest absolute Gasteiger partial charge is 0.491 e. The molecule has 0 spiro atoms. The van der Waals surface area contributed by atoms with Crippen molar-refractivity contribution in [1.29, 1.82) is 0 Å². The molecule has 3 amide bonds. The molecule has 4 rings (SSSR count). The van der Waals surface area contributed by atoms with E-state index in [-0.39, 0.29) is 30.1 Å². The number of fused-ring (bicyclic) bond motifs is 3. The monoisotopic (exact) mass is 454 g/mol. The first kappa shape index (κ1) is 22.6. The molecule has 0 saturated heterocycles. The van der Waals surface area contributed by atoms with Crippen LogP contribution in [0.1, 0.15) is 54.1 Å². The standard InChI is InChI=1S/C23H30N6O4/c1-24-22-19-20-14(12-28-23(19)32)11-18(31)27-7-3-2-5-17(30)26-8-4-10-33-16-13-25-9-6-15(16)21(22)29-20/h6,9,13-14,24,29H,2-5,7-8,10-12H2,1H3,(H,26,30)(H,27,31)(H,28,32)/t14-/m0/s1. The quantitative estimate of drug-likeness (QED) is 0.443. The van der Waals surface area contributed by atoms with Crippen molar-refractivity contribution in [3.05, 3.63) is 29.7 Å². The van der Waals surface area contributed by atoms with Gasteiger partial charge >= 0.3 is 0 Å².